The highest BCUT2D eigenvalue weighted by molar-refractivity contribution is 6.38. The summed E-state index contributed by atoms with van der Waals surface area (Å²) in [6, 6.07) is 13.2. The molecule has 0 bridgehead atoms. The first-order valence-corrected chi connectivity index (χ1v) is 10.3. The summed E-state index contributed by atoms with van der Waals surface area (Å²) >= 11 is 0. The number of rotatable bonds is 9. The van der Waals surface area contributed by atoms with E-state index in [1.807, 2.05) is 41.9 Å². The van der Waals surface area contributed by atoms with Crippen LogP contribution >= 0.6 is 0 Å². The number of hydrogen-bond donors (Lipinski definition) is 2. The van der Waals surface area contributed by atoms with E-state index < -0.39 is 23.6 Å². The van der Waals surface area contributed by atoms with E-state index in [1.165, 1.54) is 7.11 Å². The third kappa shape index (κ3) is 4.89. The Labute approximate surface area is 184 Å². The summed E-state index contributed by atoms with van der Waals surface area (Å²) in [5.41, 5.74) is 4.02. The first-order chi connectivity index (χ1) is 15.6. The quantitative estimate of drug-likeness (QED) is 0.392. The SMILES string of the molecule is CONC(=O)C(=O)[C@H](Cc1ccccc1)NC(=O)c1cccnc1-n1ccc(C2CC2)n1. The van der Waals surface area contributed by atoms with Gasteiger partial charge in [0.1, 0.15) is 6.04 Å². The molecule has 1 aliphatic rings. The minimum atomic E-state index is -1.09. The molecule has 2 N–H and O–H groups in total. The molecule has 2 heterocycles. The van der Waals surface area contributed by atoms with E-state index >= 15 is 0 Å². The number of benzene rings is 1. The maximum atomic E-state index is 13.2. The summed E-state index contributed by atoms with van der Waals surface area (Å²) in [7, 11) is 1.23. The van der Waals surface area contributed by atoms with Crippen LogP contribution in [0.3, 0.4) is 0 Å². The molecule has 32 heavy (non-hydrogen) atoms. The second-order valence-corrected chi connectivity index (χ2v) is 7.55. The van der Waals surface area contributed by atoms with Gasteiger partial charge >= 0.3 is 5.91 Å². The molecule has 1 aromatic carbocycles. The van der Waals surface area contributed by atoms with Gasteiger partial charge in [-0.1, -0.05) is 30.3 Å². The van der Waals surface area contributed by atoms with Gasteiger partial charge in [-0.15, -0.1) is 0 Å². The molecule has 2 aromatic heterocycles. The number of nitrogens with zero attached hydrogens (tertiary/aromatic N) is 3. The third-order valence-electron chi connectivity index (χ3n) is 5.18. The van der Waals surface area contributed by atoms with Gasteiger partial charge in [0.15, 0.2) is 5.82 Å². The molecule has 164 valence electrons. The Balaban J connectivity index is 1.58. The topological polar surface area (TPSA) is 115 Å². The standard InChI is InChI=1S/C23H23N5O4/c1-32-27-23(31)20(29)19(14-15-6-3-2-4-7-15)25-22(30)17-8-5-12-24-21(17)28-13-11-18(26-28)16-9-10-16/h2-8,11-13,16,19H,9-10,14H2,1H3,(H,25,30)(H,27,31)/t19-/m0/s1. The number of ketones is 1. The molecule has 0 spiro atoms. The lowest BCUT2D eigenvalue weighted by molar-refractivity contribution is -0.145. The lowest BCUT2D eigenvalue weighted by Gasteiger charge is -2.18. The Hall–Kier alpha value is -3.85. The van der Waals surface area contributed by atoms with E-state index in [4.69, 9.17) is 0 Å². The zero-order valence-corrected chi connectivity index (χ0v) is 17.5. The Morgan fingerprint density at radius 2 is 1.91 bits per heavy atom. The summed E-state index contributed by atoms with van der Waals surface area (Å²) in [6.45, 7) is 0. The monoisotopic (exact) mass is 433 g/mol. The second kappa shape index (κ2) is 9.52. The molecule has 9 heteroatoms. The van der Waals surface area contributed by atoms with Crippen molar-refractivity contribution in [3.63, 3.8) is 0 Å². The van der Waals surface area contributed by atoms with E-state index in [-0.39, 0.29) is 12.0 Å². The second-order valence-electron chi connectivity index (χ2n) is 7.55. The van der Waals surface area contributed by atoms with Crippen LogP contribution < -0.4 is 10.8 Å². The predicted octanol–water partition coefficient (Wildman–Crippen LogP) is 1.73. The van der Waals surface area contributed by atoms with Gasteiger partial charge in [-0.2, -0.15) is 5.10 Å². The normalized spacial score (nSPS) is 13.9. The molecule has 0 aliphatic heterocycles. The zero-order valence-electron chi connectivity index (χ0n) is 17.5. The fourth-order valence-corrected chi connectivity index (χ4v) is 3.41. The van der Waals surface area contributed by atoms with Crippen molar-refractivity contribution in [1.29, 1.82) is 0 Å². The van der Waals surface area contributed by atoms with Crippen LogP contribution in [0.5, 0.6) is 0 Å². The van der Waals surface area contributed by atoms with Crippen LogP contribution in [-0.4, -0.2) is 45.5 Å². The number of Topliss-reactive ketones (excluding diaryl/α,β-unsaturated/α-hetero) is 1. The van der Waals surface area contributed by atoms with Gasteiger partial charge in [-0.3, -0.25) is 19.2 Å². The van der Waals surface area contributed by atoms with E-state index in [0.717, 1.165) is 24.1 Å². The maximum Gasteiger partial charge on any atom is 0.313 e. The first kappa shape index (κ1) is 21.4. The molecule has 0 radical (unpaired) electrons. The van der Waals surface area contributed by atoms with Crippen molar-refractivity contribution in [3.8, 4) is 5.82 Å². The van der Waals surface area contributed by atoms with E-state index in [0.29, 0.717) is 11.7 Å². The van der Waals surface area contributed by atoms with E-state index in [9.17, 15) is 14.4 Å². The van der Waals surface area contributed by atoms with Crippen LogP contribution in [-0.2, 0) is 20.8 Å². The van der Waals surface area contributed by atoms with Gasteiger partial charge in [0.25, 0.3) is 5.91 Å². The molecular formula is C23H23N5O4. The van der Waals surface area contributed by atoms with Crippen LogP contribution in [0.4, 0.5) is 0 Å². The van der Waals surface area contributed by atoms with Crippen LogP contribution in [0.1, 0.15) is 40.4 Å². The molecule has 1 saturated carbocycles. The van der Waals surface area contributed by atoms with Gasteiger partial charge in [0, 0.05) is 24.7 Å². The van der Waals surface area contributed by atoms with Crippen molar-refractivity contribution in [1.82, 2.24) is 25.6 Å². The minimum absolute atomic E-state index is 0.145. The average molecular weight is 433 g/mol. The maximum absolute atomic E-state index is 13.2. The van der Waals surface area contributed by atoms with Crippen molar-refractivity contribution in [3.05, 3.63) is 77.7 Å². The van der Waals surface area contributed by atoms with Crippen molar-refractivity contribution in [2.24, 2.45) is 0 Å². The lowest BCUT2D eigenvalue weighted by Crippen LogP contribution is -2.48. The number of hydroxylamine groups is 1. The van der Waals surface area contributed by atoms with Crippen molar-refractivity contribution >= 4 is 17.6 Å². The molecule has 4 rings (SSSR count). The van der Waals surface area contributed by atoms with Gasteiger partial charge in [0.05, 0.1) is 18.4 Å². The number of carbonyl (C=O) groups is 3. The fraction of sp³-hybridized carbons (Fsp3) is 0.261. The number of carbonyl (C=O) groups excluding carboxylic acids is 3. The highest BCUT2D eigenvalue weighted by Gasteiger charge is 2.29. The Morgan fingerprint density at radius 3 is 2.62 bits per heavy atom. The molecule has 2 amide bonds. The van der Waals surface area contributed by atoms with E-state index in [2.05, 4.69) is 20.2 Å². The number of hydrogen-bond acceptors (Lipinski definition) is 6. The highest BCUT2D eigenvalue weighted by atomic mass is 16.6. The Kier molecular flexibility index (Phi) is 6.37. The largest absolute Gasteiger partial charge is 0.341 e. The molecule has 1 atom stereocenters. The van der Waals surface area contributed by atoms with Gasteiger partial charge < -0.3 is 5.32 Å². The van der Waals surface area contributed by atoms with Crippen molar-refractivity contribution in [2.75, 3.05) is 7.11 Å². The summed E-state index contributed by atoms with van der Waals surface area (Å²) in [5, 5.41) is 7.23. The van der Waals surface area contributed by atoms with Gasteiger partial charge in [-0.05, 0) is 36.6 Å². The van der Waals surface area contributed by atoms with E-state index in [1.54, 1.807) is 29.2 Å². The summed E-state index contributed by atoms with van der Waals surface area (Å²) in [5.74, 6) is -1.48. The number of pyridine rings is 1. The molecule has 3 aromatic rings. The molecule has 9 nitrogen and oxygen atoms in total. The first-order valence-electron chi connectivity index (χ1n) is 10.3. The summed E-state index contributed by atoms with van der Waals surface area (Å²) in [4.78, 5) is 46.8. The Morgan fingerprint density at radius 1 is 1.12 bits per heavy atom. The predicted molar refractivity (Wildman–Crippen MR) is 115 cm³/mol. The number of nitrogens with one attached hydrogen (secondary N) is 2. The van der Waals surface area contributed by atoms with Gasteiger partial charge in [0.2, 0.25) is 5.78 Å². The zero-order chi connectivity index (χ0) is 22.5. The molecular weight excluding hydrogens is 410 g/mol. The molecule has 1 aliphatic carbocycles. The average Bonchev–Trinajstić information content (AvgIpc) is 3.55. The highest BCUT2D eigenvalue weighted by Crippen LogP contribution is 2.39. The summed E-state index contributed by atoms with van der Waals surface area (Å²) < 4.78 is 1.56. The minimum Gasteiger partial charge on any atom is -0.341 e. The van der Waals surface area contributed by atoms with Crippen molar-refractivity contribution in [2.45, 2.75) is 31.2 Å². The van der Waals surface area contributed by atoms with Crippen molar-refractivity contribution < 1.29 is 19.2 Å². The van der Waals surface area contributed by atoms with Crippen LogP contribution in [0.2, 0.25) is 0 Å². The number of amides is 2. The lowest BCUT2D eigenvalue weighted by atomic mass is 10.0. The summed E-state index contributed by atoms with van der Waals surface area (Å²) in [6.07, 6.45) is 5.71. The Bertz CT molecular complexity index is 1120. The van der Waals surface area contributed by atoms with Gasteiger partial charge in [-0.25, -0.2) is 15.1 Å². The third-order valence-corrected chi connectivity index (χ3v) is 5.18. The molecule has 0 unspecified atom stereocenters. The fourth-order valence-electron chi connectivity index (χ4n) is 3.41. The van der Waals surface area contributed by atoms with Crippen LogP contribution in [0.25, 0.3) is 5.82 Å². The smallest absolute Gasteiger partial charge is 0.313 e. The number of aromatic nitrogens is 3. The molecule has 0 saturated heterocycles. The van der Waals surface area contributed by atoms with Crippen LogP contribution in [0, 0.1) is 0 Å². The molecule has 1 fully saturated rings. The van der Waals surface area contributed by atoms with Crippen LogP contribution in [0.15, 0.2) is 60.9 Å².